The first kappa shape index (κ1) is 16.5. The molecule has 20 heavy (non-hydrogen) atoms. The number of hydrogen-bond acceptors (Lipinski definition) is 3. The lowest BCUT2D eigenvalue weighted by Crippen LogP contribution is -2.18. The number of unbranched alkanes of at least 4 members (excludes halogenated alkanes) is 1. The van der Waals surface area contributed by atoms with Crippen molar-refractivity contribution in [1.29, 1.82) is 5.41 Å². The van der Waals surface area contributed by atoms with E-state index < -0.39 is 0 Å². The molecule has 1 unspecified atom stereocenters. The summed E-state index contributed by atoms with van der Waals surface area (Å²) in [7, 11) is 0. The van der Waals surface area contributed by atoms with Gasteiger partial charge < -0.3 is 10.5 Å². The summed E-state index contributed by atoms with van der Waals surface area (Å²) in [5.74, 6) is 1.27. The number of aromatic nitrogens is 1. The first-order valence-corrected chi connectivity index (χ1v) is 7.44. The highest BCUT2D eigenvalue weighted by Crippen LogP contribution is 2.23. The molecule has 0 saturated heterocycles. The van der Waals surface area contributed by atoms with E-state index in [0.717, 1.165) is 17.8 Å². The molecule has 0 amide bonds. The number of nitrogens with zero attached hydrogens (tertiary/aromatic N) is 1. The van der Waals surface area contributed by atoms with Crippen molar-refractivity contribution in [3.05, 3.63) is 23.0 Å². The van der Waals surface area contributed by atoms with Crippen molar-refractivity contribution >= 4 is 5.84 Å². The topological polar surface area (TPSA) is 72.0 Å². The Kier molecular flexibility index (Phi) is 6.49. The van der Waals surface area contributed by atoms with Crippen LogP contribution in [0.3, 0.4) is 0 Å². The van der Waals surface area contributed by atoms with Gasteiger partial charge in [0.15, 0.2) is 0 Å². The number of amidine groups is 1. The fourth-order valence-electron chi connectivity index (χ4n) is 2.34. The maximum Gasteiger partial charge on any atom is 0.133 e. The fourth-order valence-corrected chi connectivity index (χ4v) is 2.34. The molecule has 1 heterocycles. The molecule has 0 bridgehead atoms. The van der Waals surface area contributed by atoms with Gasteiger partial charge in [-0.25, -0.2) is 0 Å². The van der Waals surface area contributed by atoms with Crippen LogP contribution >= 0.6 is 0 Å². The summed E-state index contributed by atoms with van der Waals surface area (Å²) in [6, 6.07) is 1.87. The van der Waals surface area contributed by atoms with Crippen LogP contribution in [0.4, 0.5) is 0 Å². The van der Waals surface area contributed by atoms with Crippen molar-refractivity contribution in [2.45, 2.75) is 53.4 Å². The molecular weight excluding hydrogens is 250 g/mol. The quantitative estimate of drug-likeness (QED) is 0.563. The number of nitrogen functional groups attached to an aromatic ring is 1. The third-order valence-electron chi connectivity index (χ3n) is 3.58. The van der Waals surface area contributed by atoms with E-state index in [0.29, 0.717) is 23.8 Å². The van der Waals surface area contributed by atoms with Gasteiger partial charge in [0.1, 0.15) is 11.6 Å². The maximum atomic E-state index is 7.69. The zero-order valence-corrected chi connectivity index (χ0v) is 13.1. The van der Waals surface area contributed by atoms with E-state index in [2.05, 4.69) is 18.8 Å². The van der Waals surface area contributed by atoms with Crippen LogP contribution < -0.4 is 10.5 Å². The first-order valence-electron chi connectivity index (χ1n) is 7.44. The van der Waals surface area contributed by atoms with Crippen LogP contribution in [0.5, 0.6) is 5.75 Å². The number of nitrogens with two attached hydrogens (primary N) is 1. The average Bonchev–Trinajstić information content (AvgIpc) is 2.37. The van der Waals surface area contributed by atoms with Crippen molar-refractivity contribution in [2.24, 2.45) is 11.7 Å². The molecule has 112 valence electrons. The summed E-state index contributed by atoms with van der Waals surface area (Å²) < 4.78 is 5.95. The third kappa shape index (κ3) is 4.51. The predicted octanol–water partition coefficient (Wildman–Crippen LogP) is 3.58. The molecule has 4 heteroatoms. The van der Waals surface area contributed by atoms with Crippen LogP contribution in [0.2, 0.25) is 0 Å². The Hall–Kier alpha value is -1.58. The van der Waals surface area contributed by atoms with E-state index in [1.165, 1.54) is 19.3 Å². The van der Waals surface area contributed by atoms with E-state index in [1.54, 1.807) is 0 Å². The number of ether oxygens (including phenoxy) is 1. The second-order valence-electron chi connectivity index (χ2n) is 5.36. The second kappa shape index (κ2) is 7.88. The first-order chi connectivity index (χ1) is 9.49. The normalized spacial score (nSPS) is 12.2. The Labute approximate surface area is 122 Å². The van der Waals surface area contributed by atoms with Crippen molar-refractivity contribution < 1.29 is 4.74 Å². The van der Waals surface area contributed by atoms with Gasteiger partial charge in [-0.3, -0.25) is 10.4 Å². The molecule has 4 nitrogen and oxygen atoms in total. The summed E-state index contributed by atoms with van der Waals surface area (Å²) in [6.45, 7) is 8.87. The molecule has 1 atom stereocenters. The summed E-state index contributed by atoms with van der Waals surface area (Å²) in [5.41, 5.74) is 7.92. The summed E-state index contributed by atoms with van der Waals surface area (Å²) in [4.78, 5) is 4.35. The molecule has 3 N–H and O–H groups in total. The zero-order chi connectivity index (χ0) is 15.1. The molecule has 0 aliphatic carbocycles. The molecule has 0 saturated carbocycles. The van der Waals surface area contributed by atoms with Gasteiger partial charge in [0, 0.05) is 11.8 Å². The number of aryl methyl sites for hydroxylation is 2. The van der Waals surface area contributed by atoms with E-state index in [-0.39, 0.29) is 5.84 Å². The molecule has 0 aliphatic heterocycles. The van der Waals surface area contributed by atoms with Gasteiger partial charge >= 0.3 is 0 Å². The Morgan fingerprint density at radius 3 is 2.65 bits per heavy atom. The monoisotopic (exact) mass is 277 g/mol. The van der Waals surface area contributed by atoms with Crippen LogP contribution in [0, 0.1) is 25.2 Å². The predicted molar refractivity (Wildman–Crippen MR) is 83.5 cm³/mol. The molecule has 0 aromatic carbocycles. The summed E-state index contributed by atoms with van der Waals surface area (Å²) in [5, 5.41) is 7.69. The van der Waals surface area contributed by atoms with Crippen molar-refractivity contribution in [1.82, 2.24) is 4.98 Å². The highest BCUT2D eigenvalue weighted by Gasteiger charge is 2.14. The van der Waals surface area contributed by atoms with Crippen LogP contribution in [0.1, 0.15) is 56.5 Å². The Morgan fingerprint density at radius 2 is 2.10 bits per heavy atom. The van der Waals surface area contributed by atoms with Crippen LogP contribution in [0.25, 0.3) is 0 Å². The maximum absolute atomic E-state index is 7.69. The largest absolute Gasteiger partial charge is 0.492 e. The van der Waals surface area contributed by atoms with Gasteiger partial charge in [0.2, 0.25) is 0 Å². The number of pyridine rings is 1. The molecule has 0 aliphatic rings. The number of nitrogens with one attached hydrogen (secondary N) is 1. The van der Waals surface area contributed by atoms with E-state index in [4.69, 9.17) is 15.9 Å². The van der Waals surface area contributed by atoms with Crippen molar-refractivity contribution in [3.8, 4) is 5.75 Å². The fraction of sp³-hybridized carbons (Fsp3) is 0.625. The molecule has 0 fully saturated rings. The molecule has 1 rings (SSSR count). The third-order valence-corrected chi connectivity index (χ3v) is 3.58. The zero-order valence-electron chi connectivity index (χ0n) is 13.1. The van der Waals surface area contributed by atoms with E-state index in [9.17, 15) is 0 Å². The lowest BCUT2D eigenvalue weighted by molar-refractivity contribution is 0.232. The van der Waals surface area contributed by atoms with Gasteiger partial charge in [-0.15, -0.1) is 0 Å². The molecule has 1 aromatic heterocycles. The minimum atomic E-state index is 0.0200. The average molecular weight is 277 g/mol. The van der Waals surface area contributed by atoms with E-state index in [1.807, 2.05) is 19.9 Å². The van der Waals surface area contributed by atoms with Gasteiger partial charge in [-0.2, -0.15) is 0 Å². The molecule has 0 radical (unpaired) electrons. The van der Waals surface area contributed by atoms with Gasteiger partial charge in [-0.05, 0) is 26.2 Å². The minimum absolute atomic E-state index is 0.0200. The highest BCUT2D eigenvalue weighted by atomic mass is 16.5. The van der Waals surface area contributed by atoms with E-state index >= 15 is 0 Å². The SMILES string of the molecule is CCCCC(CC)COc1cc(C)nc(C)c1C(=N)N. The van der Waals surface area contributed by atoms with Crippen LogP contribution in [0.15, 0.2) is 6.07 Å². The van der Waals surface area contributed by atoms with Crippen molar-refractivity contribution in [3.63, 3.8) is 0 Å². The van der Waals surface area contributed by atoms with Gasteiger partial charge in [-0.1, -0.05) is 33.1 Å². The second-order valence-corrected chi connectivity index (χ2v) is 5.36. The van der Waals surface area contributed by atoms with Crippen LogP contribution in [-0.2, 0) is 0 Å². The highest BCUT2D eigenvalue weighted by molar-refractivity contribution is 5.98. The Balaban J connectivity index is 2.83. The lowest BCUT2D eigenvalue weighted by Gasteiger charge is -2.18. The number of hydrogen-bond donors (Lipinski definition) is 2. The lowest BCUT2D eigenvalue weighted by atomic mass is 10.0. The minimum Gasteiger partial charge on any atom is -0.492 e. The summed E-state index contributed by atoms with van der Waals surface area (Å²) >= 11 is 0. The van der Waals surface area contributed by atoms with Gasteiger partial charge in [0.05, 0.1) is 17.9 Å². The summed E-state index contributed by atoms with van der Waals surface area (Å²) in [6.07, 6.45) is 4.74. The Bertz CT molecular complexity index is 457. The Morgan fingerprint density at radius 1 is 1.40 bits per heavy atom. The smallest absolute Gasteiger partial charge is 0.133 e. The molecular formula is C16H27N3O. The van der Waals surface area contributed by atoms with Crippen LogP contribution in [-0.4, -0.2) is 17.4 Å². The molecule has 0 spiro atoms. The van der Waals surface area contributed by atoms with Gasteiger partial charge in [0.25, 0.3) is 0 Å². The molecule has 1 aromatic rings. The standard InChI is InChI=1S/C16H27N3O/c1-5-7-8-13(6-2)10-20-14-9-11(3)19-12(4)15(14)16(17)18/h9,13H,5-8,10H2,1-4H3,(H3,17,18). The van der Waals surface area contributed by atoms with Crippen molar-refractivity contribution in [2.75, 3.05) is 6.61 Å². The number of rotatable bonds is 8.